The zero-order chi connectivity index (χ0) is 10.4. The van der Waals surface area contributed by atoms with Gasteiger partial charge in [0.1, 0.15) is 0 Å². The van der Waals surface area contributed by atoms with Crippen molar-refractivity contribution < 1.29 is 0 Å². The number of hydrogen-bond acceptors (Lipinski definition) is 2. The molecule has 1 aliphatic rings. The Labute approximate surface area is 87.6 Å². The van der Waals surface area contributed by atoms with Crippen LogP contribution in [-0.4, -0.2) is 18.1 Å². The van der Waals surface area contributed by atoms with Crippen molar-refractivity contribution in [3.05, 3.63) is 0 Å². The lowest BCUT2D eigenvalue weighted by atomic mass is 9.91. The van der Waals surface area contributed by atoms with Gasteiger partial charge in [0, 0.05) is 24.5 Å². The number of rotatable bonds is 4. The number of hydrogen-bond donors (Lipinski definition) is 2. The van der Waals surface area contributed by atoms with Crippen LogP contribution < -0.4 is 11.1 Å². The van der Waals surface area contributed by atoms with Crippen LogP contribution >= 0.6 is 0 Å². The first-order chi connectivity index (χ1) is 6.76. The van der Waals surface area contributed by atoms with E-state index in [1.165, 1.54) is 19.3 Å². The molecule has 1 fully saturated rings. The summed E-state index contributed by atoms with van der Waals surface area (Å²) >= 11 is 0. The van der Waals surface area contributed by atoms with Crippen molar-refractivity contribution in [3.63, 3.8) is 0 Å². The van der Waals surface area contributed by atoms with E-state index in [1.54, 1.807) is 0 Å². The first kappa shape index (κ1) is 11.6. The molecule has 0 spiro atoms. The molecule has 1 rings (SSSR count). The molecule has 0 aromatic heterocycles. The maximum absolute atomic E-state index is 5.94. The number of nitrogens with two attached hydrogens (primary N) is 1. The molecule has 0 aromatic rings. The molecule has 0 heterocycles. The van der Waals surface area contributed by atoms with Gasteiger partial charge < -0.3 is 11.1 Å². The molecule has 0 bridgehead atoms. The minimum Gasteiger partial charge on any atom is -0.328 e. The molecule has 0 saturated heterocycles. The van der Waals surface area contributed by atoms with E-state index in [-0.39, 0.29) is 0 Å². The van der Waals surface area contributed by atoms with E-state index in [4.69, 9.17) is 12.2 Å². The fourth-order valence-corrected chi connectivity index (χ4v) is 2.18. The van der Waals surface area contributed by atoms with Gasteiger partial charge >= 0.3 is 0 Å². The van der Waals surface area contributed by atoms with Gasteiger partial charge in [0.25, 0.3) is 0 Å². The molecule has 0 amide bonds. The van der Waals surface area contributed by atoms with Crippen LogP contribution in [0.3, 0.4) is 0 Å². The van der Waals surface area contributed by atoms with Crippen LogP contribution in [-0.2, 0) is 0 Å². The topological polar surface area (TPSA) is 38.0 Å². The minimum absolute atomic E-state index is 0.393. The predicted molar refractivity (Wildman–Crippen MR) is 60.9 cm³/mol. The van der Waals surface area contributed by atoms with E-state index in [2.05, 4.69) is 18.2 Å². The van der Waals surface area contributed by atoms with Gasteiger partial charge in [-0.1, -0.05) is 13.3 Å². The quantitative estimate of drug-likeness (QED) is 0.668. The summed E-state index contributed by atoms with van der Waals surface area (Å²) in [5.74, 6) is 2.73. The van der Waals surface area contributed by atoms with Gasteiger partial charge in [-0.25, -0.2) is 0 Å². The lowest BCUT2D eigenvalue weighted by Crippen LogP contribution is -2.43. The highest BCUT2D eigenvalue weighted by atomic mass is 15.0. The fourth-order valence-electron chi connectivity index (χ4n) is 2.18. The summed E-state index contributed by atoms with van der Waals surface area (Å²) in [5.41, 5.74) is 5.94. The van der Waals surface area contributed by atoms with Gasteiger partial charge in [0.2, 0.25) is 0 Å². The van der Waals surface area contributed by atoms with Gasteiger partial charge in [0.05, 0.1) is 0 Å². The zero-order valence-corrected chi connectivity index (χ0v) is 9.13. The van der Waals surface area contributed by atoms with E-state index in [0.717, 1.165) is 19.3 Å². The summed E-state index contributed by atoms with van der Waals surface area (Å²) in [6, 6.07) is 1.47. The van der Waals surface area contributed by atoms with Crippen LogP contribution in [0.25, 0.3) is 0 Å². The summed E-state index contributed by atoms with van der Waals surface area (Å²) < 4.78 is 0. The van der Waals surface area contributed by atoms with Crippen LogP contribution in [0.4, 0.5) is 0 Å². The van der Waals surface area contributed by atoms with Gasteiger partial charge in [-0.3, -0.25) is 0 Å². The molecule has 80 valence electrons. The standard InChI is InChI=1S/C12H22N2/c1-3-6-11(4-2)14-12-8-5-7-10(13)9-12/h1,10-12,14H,4-9,13H2,2H3. The molecule has 3 N–H and O–H groups in total. The van der Waals surface area contributed by atoms with E-state index in [1.807, 2.05) is 0 Å². The van der Waals surface area contributed by atoms with Gasteiger partial charge in [0.15, 0.2) is 0 Å². The third kappa shape index (κ3) is 3.69. The molecule has 2 heteroatoms. The van der Waals surface area contributed by atoms with Crippen LogP contribution in [0.5, 0.6) is 0 Å². The number of terminal acetylenes is 1. The third-order valence-corrected chi connectivity index (χ3v) is 3.04. The molecule has 1 saturated carbocycles. The second-order valence-corrected chi connectivity index (χ2v) is 4.30. The van der Waals surface area contributed by atoms with Crippen LogP contribution in [0.1, 0.15) is 45.4 Å². The van der Waals surface area contributed by atoms with E-state index >= 15 is 0 Å². The van der Waals surface area contributed by atoms with Crippen LogP contribution in [0.15, 0.2) is 0 Å². The van der Waals surface area contributed by atoms with Crippen molar-refractivity contribution in [1.82, 2.24) is 5.32 Å². The average molecular weight is 194 g/mol. The Kier molecular flexibility index (Phi) is 5.00. The normalized spacial score (nSPS) is 29.5. The molecule has 3 unspecified atom stereocenters. The Morgan fingerprint density at radius 3 is 2.93 bits per heavy atom. The third-order valence-electron chi connectivity index (χ3n) is 3.04. The summed E-state index contributed by atoms with van der Waals surface area (Å²) in [6.45, 7) is 2.18. The summed E-state index contributed by atoms with van der Waals surface area (Å²) in [4.78, 5) is 0. The molecule has 0 aromatic carbocycles. The molecule has 0 aliphatic heterocycles. The monoisotopic (exact) mass is 194 g/mol. The Hall–Kier alpha value is -0.520. The fraction of sp³-hybridized carbons (Fsp3) is 0.833. The number of nitrogens with one attached hydrogen (secondary N) is 1. The van der Waals surface area contributed by atoms with E-state index < -0.39 is 0 Å². The largest absolute Gasteiger partial charge is 0.328 e. The molecule has 14 heavy (non-hydrogen) atoms. The predicted octanol–water partition coefficient (Wildman–Crippen LogP) is 1.65. The Morgan fingerprint density at radius 2 is 2.36 bits per heavy atom. The average Bonchev–Trinajstić information content (AvgIpc) is 2.17. The molecular weight excluding hydrogens is 172 g/mol. The Bertz CT molecular complexity index is 195. The second kappa shape index (κ2) is 6.06. The van der Waals surface area contributed by atoms with Crippen molar-refractivity contribution in [2.24, 2.45) is 5.73 Å². The molecule has 3 atom stereocenters. The van der Waals surface area contributed by atoms with Gasteiger partial charge in [-0.15, -0.1) is 12.3 Å². The van der Waals surface area contributed by atoms with Crippen molar-refractivity contribution >= 4 is 0 Å². The summed E-state index contributed by atoms with van der Waals surface area (Å²) in [6.07, 6.45) is 12.1. The Morgan fingerprint density at radius 1 is 1.57 bits per heavy atom. The highest BCUT2D eigenvalue weighted by Gasteiger charge is 2.20. The highest BCUT2D eigenvalue weighted by molar-refractivity contribution is 4.91. The summed E-state index contributed by atoms with van der Waals surface area (Å²) in [5, 5.41) is 3.61. The van der Waals surface area contributed by atoms with Crippen LogP contribution in [0.2, 0.25) is 0 Å². The SMILES string of the molecule is C#CCC(CC)NC1CCCC(N)C1. The Balaban J connectivity index is 2.30. The molecule has 1 aliphatic carbocycles. The smallest absolute Gasteiger partial charge is 0.0240 e. The second-order valence-electron chi connectivity index (χ2n) is 4.30. The van der Waals surface area contributed by atoms with Crippen molar-refractivity contribution in [3.8, 4) is 12.3 Å². The zero-order valence-electron chi connectivity index (χ0n) is 9.13. The summed E-state index contributed by atoms with van der Waals surface area (Å²) in [7, 11) is 0. The molecule has 2 nitrogen and oxygen atoms in total. The van der Waals surface area contributed by atoms with Crippen molar-refractivity contribution in [2.45, 2.75) is 63.6 Å². The molecule has 0 radical (unpaired) electrons. The van der Waals surface area contributed by atoms with Crippen molar-refractivity contribution in [2.75, 3.05) is 0 Å². The first-order valence-electron chi connectivity index (χ1n) is 5.71. The maximum atomic E-state index is 5.94. The van der Waals surface area contributed by atoms with E-state index in [9.17, 15) is 0 Å². The first-order valence-corrected chi connectivity index (χ1v) is 5.71. The van der Waals surface area contributed by atoms with Gasteiger partial charge in [-0.2, -0.15) is 0 Å². The maximum Gasteiger partial charge on any atom is 0.0240 e. The lowest BCUT2D eigenvalue weighted by Gasteiger charge is -2.30. The lowest BCUT2D eigenvalue weighted by molar-refractivity contribution is 0.308. The van der Waals surface area contributed by atoms with Crippen molar-refractivity contribution in [1.29, 1.82) is 0 Å². The van der Waals surface area contributed by atoms with E-state index in [0.29, 0.717) is 18.1 Å². The van der Waals surface area contributed by atoms with Crippen LogP contribution in [0, 0.1) is 12.3 Å². The molecular formula is C12H22N2. The minimum atomic E-state index is 0.393. The highest BCUT2D eigenvalue weighted by Crippen LogP contribution is 2.18. The van der Waals surface area contributed by atoms with Gasteiger partial charge in [-0.05, 0) is 25.7 Å².